The van der Waals surface area contributed by atoms with Gasteiger partial charge in [-0.3, -0.25) is 0 Å². The Bertz CT molecular complexity index is 222. The molecule has 0 saturated carbocycles. The Morgan fingerprint density at radius 1 is 1.35 bits per heavy atom. The molecule has 0 radical (unpaired) electrons. The van der Waals surface area contributed by atoms with Gasteiger partial charge in [-0.25, -0.2) is 0 Å². The average Bonchev–Trinajstić information content (AvgIpc) is 2.26. The predicted molar refractivity (Wildman–Crippen MR) is 57.7 cm³/mol. The molecule has 1 saturated heterocycles. The first kappa shape index (κ1) is 14.7. The summed E-state index contributed by atoms with van der Waals surface area (Å²) < 4.78 is 47.4. The highest BCUT2D eigenvalue weighted by molar-refractivity contribution is 4.93. The van der Waals surface area contributed by atoms with Crippen molar-refractivity contribution in [1.29, 1.82) is 0 Å². The maximum atomic E-state index is 12.2. The second-order valence-corrected chi connectivity index (χ2v) is 4.37. The molecular formula is C11H20F3NO2. The molecule has 1 heterocycles. The smallest absolute Gasteiger partial charge is 0.381 e. The average molecular weight is 255 g/mol. The molecule has 0 aromatic heterocycles. The zero-order chi connectivity index (χ0) is 12.9. The molecule has 0 aromatic carbocycles. The van der Waals surface area contributed by atoms with Gasteiger partial charge in [0, 0.05) is 45.1 Å². The van der Waals surface area contributed by atoms with E-state index in [1.807, 2.05) is 6.92 Å². The minimum atomic E-state index is -4.16. The summed E-state index contributed by atoms with van der Waals surface area (Å²) in [7, 11) is 0. The normalized spacial score (nSPS) is 22.4. The van der Waals surface area contributed by atoms with E-state index in [9.17, 15) is 13.2 Å². The van der Waals surface area contributed by atoms with E-state index >= 15 is 0 Å². The highest BCUT2D eigenvalue weighted by atomic mass is 19.4. The van der Waals surface area contributed by atoms with Crippen LogP contribution in [0.4, 0.5) is 13.2 Å². The lowest BCUT2D eigenvalue weighted by molar-refractivity contribution is -0.150. The van der Waals surface area contributed by atoms with Crippen molar-refractivity contribution < 1.29 is 22.6 Å². The standard InChI is InChI=1S/C11H20F3NO2/c1-2-17-10(5-7-16-8-6-10)9(15)3-4-11(12,13)14/h9H,2-8,15H2,1H3. The number of nitrogens with two attached hydrogens (primary N) is 1. The van der Waals surface area contributed by atoms with Crippen LogP contribution in [-0.4, -0.2) is 37.6 Å². The summed E-state index contributed by atoms with van der Waals surface area (Å²) in [4.78, 5) is 0. The van der Waals surface area contributed by atoms with Crippen molar-refractivity contribution in [2.75, 3.05) is 19.8 Å². The summed E-state index contributed by atoms with van der Waals surface area (Å²) in [5, 5.41) is 0. The van der Waals surface area contributed by atoms with Gasteiger partial charge in [-0.05, 0) is 13.3 Å². The predicted octanol–water partition coefficient (Wildman–Crippen LogP) is 2.24. The van der Waals surface area contributed by atoms with Gasteiger partial charge in [0.05, 0.1) is 5.60 Å². The molecular weight excluding hydrogens is 235 g/mol. The fourth-order valence-corrected chi connectivity index (χ4v) is 2.21. The molecule has 0 aromatic rings. The lowest BCUT2D eigenvalue weighted by Crippen LogP contribution is -2.53. The number of alkyl halides is 3. The molecule has 0 amide bonds. The van der Waals surface area contributed by atoms with Gasteiger partial charge < -0.3 is 15.2 Å². The molecule has 1 atom stereocenters. The van der Waals surface area contributed by atoms with Crippen molar-refractivity contribution in [3.8, 4) is 0 Å². The van der Waals surface area contributed by atoms with Crippen molar-refractivity contribution in [2.24, 2.45) is 5.73 Å². The molecule has 1 fully saturated rings. The first-order chi connectivity index (χ1) is 7.90. The second-order valence-electron chi connectivity index (χ2n) is 4.37. The van der Waals surface area contributed by atoms with Gasteiger partial charge in [-0.15, -0.1) is 0 Å². The molecule has 1 unspecified atom stereocenters. The molecule has 6 heteroatoms. The van der Waals surface area contributed by atoms with Gasteiger partial charge in [0.15, 0.2) is 0 Å². The molecule has 0 spiro atoms. The van der Waals surface area contributed by atoms with Gasteiger partial charge in [0.1, 0.15) is 0 Å². The van der Waals surface area contributed by atoms with Crippen molar-refractivity contribution in [1.82, 2.24) is 0 Å². The van der Waals surface area contributed by atoms with Crippen molar-refractivity contribution in [3.05, 3.63) is 0 Å². The maximum Gasteiger partial charge on any atom is 0.389 e. The molecule has 17 heavy (non-hydrogen) atoms. The first-order valence-corrected chi connectivity index (χ1v) is 5.94. The van der Waals surface area contributed by atoms with E-state index in [-0.39, 0.29) is 6.42 Å². The third-order valence-electron chi connectivity index (χ3n) is 3.19. The SMILES string of the molecule is CCOC1(C(N)CCC(F)(F)F)CCOCC1. The number of halogens is 3. The van der Waals surface area contributed by atoms with Crippen LogP contribution in [0, 0.1) is 0 Å². The Kier molecular flexibility index (Phi) is 5.22. The number of hydrogen-bond donors (Lipinski definition) is 1. The Morgan fingerprint density at radius 2 is 1.94 bits per heavy atom. The zero-order valence-electron chi connectivity index (χ0n) is 10.1. The third-order valence-corrected chi connectivity index (χ3v) is 3.19. The number of rotatable bonds is 5. The molecule has 2 N–H and O–H groups in total. The second kappa shape index (κ2) is 6.02. The summed E-state index contributed by atoms with van der Waals surface area (Å²) in [5.74, 6) is 0. The van der Waals surface area contributed by atoms with Crippen LogP contribution in [0.3, 0.4) is 0 Å². The van der Waals surface area contributed by atoms with E-state index in [0.717, 1.165) is 0 Å². The lowest BCUT2D eigenvalue weighted by Gasteiger charge is -2.41. The lowest BCUT2D eigenvalue weighted by atomic mass is 9.84. The van der Waals surface area contributed by atoms with Crippen LogP contribution in [0.15, 0.2) is 0 Å². The largest absolute Gasteiger partial charge is 0.389 e. The van der Waals surface area contributed by atoms with E-state index in [0.29, 0.717) is 32.7 Å². The van der Waals surface area contributed by atoms with Crippen LogP contribution < -0.4 is 5.73 Å². The maximum absolute atomic E-state index is 12.2. The minimum absolute atomic E-state index is 0.0938. The monoisotopic (exact) mass is 255 g/mol. The summed E-state index contributed by atoms with van der Waals surface area (Å²) >= 11 is 0. The topological polar surface area (TPSA) is 44.5 Å². The van der Waals surface area contributed by atoms with Crippen LogP contribution in [0.25, 0.3) is 0 Å². The number of hydrogen-bond acceptors (Lipinski definition) is 3. The minimum Gasteiger partial charge on any atom is -0.381 e. The van der Waals surface area contributed by atoms with E-state index in [2.05, 4.69) is 0 Å². The summed E-state index contributed by atoms with van der Waals surface area (Å²) in [5.41, 5.74) is 5.26. The van der Waals surface area contributed by atoms with Crippen LogP contribution in [0.1, 0.15) is 32.6 Å². The summed E-state index contributed by atoms with van der Waals surface area (Å²) in [6.07, 6.45) is -3.97. The summed E-state index contributed by atoms with van der Waals surface area (Å²) in [6, 6.07) is -0.590. The Morgan fingerprint density at radius 3 is 2.41 bits per heavy atom. The molecule has 3 nitrogen and oxygen atoms in total. The quantitative estimate of drug-likeness (QED) is 0.819. The van der Waals surface area contributed by atoms with Crippen molar-refractivity contribution in [3.63, 3.8) is 0 Å². The van der Waals surface area contributed by atoms with Gasteiger partial charge in [-0.1, -0.05) is 0 Å². The van der Waals surface area contributed by atoms with Gasteiger partial charge in [0.25, 0.3) is 0 Å². The zero-order valence-corrected chi connectivity index (χ0v) is 10.1. The fourth-order valence-electron chi connectivity index (χ4n) is 2.21. The molecule has 0 bridgehead atoms. The van der Waals surface area contributed by atoms with E-state index in [4.69, 9.17) is 15.2 Å². The van der Waals surface area contributed by atoms with Gasteiger partial charge in [-0.2, -0.15) is 13.2 Å². The molecule has 1 rings (SSSR count). The van der Waals surface area contributed by atoms with Crippen LogP contribution >= 0.6 is 0 Å². The Hall–Kier alpha value is -0.330. The van der Waals surface area contributed by atoms with E-state index in [1.165, 1.54) is 0 Å². The van der Waals surface area contributed by atoms with Crippen LogP contribution in [0.5, 0.6) is 0 Å². The van der Waals surface area contributed by atoms with Crippen LogP contribution in [-0.2, 0) is 9.47 Å². The highest BCUT2D eigenvalue weighted by Crippen LogP contribution is 2.32. The third kappa shape index (κ3) is 4.44. The molecule has 1 aliphatic heterocycles. The number of ether oxygens (including phenoxy) is 2. The van der Waals surface area contributed by atoms with Gasteiger partial charge in [0.2, 0.25) is 0 Å². The molecule has 1 aliphatic rings. The molecule has 102 valence electrons. The molecule has 0 aliphatic carbocycles. The summed E-state index contributed by atoms with van der Waals surface area (Å²) in [6.45, 7) is 3.28. The fraction of sp³-hybridized carbons (Fsp3) is 1.00. The van der Waals surface area contributed by atoms with Gasteiger partial charge >= 0.3 is 6.18 Å². The van der Waals surface area contributed by atoms with E-state index in [1.54, 1.807) is 0 Å². The Labute approximate surface area is 99.4 Å². The van der Waals surface area contributed by atoms with E-state index < -0.39 is 24.2 Å². The Balaban J connectivity index is 2.56. The van der Waals surface area contributed by atoms with Crippen LogP contribution in [0.2, 0.25) is 0 Å². The highest BCUT2D eigenvalue weighted by Gasteiger charge is 2.41. The van der Waals surface area contributed by atoms with Crippen molar-refractivity contribution >= 4 is 0 Å². The first-order valence-electron chi connectivity index (χ1n) is 5.94. The van der Waals surface area contributed by atoms with Crippen molar-refractivity contribution in [2.45, 2.75) is 50.4 Å².